The fraction of sp³-hybridized carbons (Fsp3) is 0.0606. The smallest absolute Gasteiger partial charge is 0.0991 e. The predicted octanol–water partition coefficient (Wildman–Crippen LogP) is 7.16. The number of aromatic nitrogens is 1. The first-order chi connectivity index (χ1) is 17.5. The van der Waals surface area contributed by atoms with Crippen molar-refractivity contribution in [3.63, 3.8) is 0 Å². The highest BCUT2D eigenvalue weighted by Gasteiger charge is 2.10. The molecule has 0 aliphatic carbocycles. The van der Waals surface area contributed by atoms with Crippen LogP contribution in [-0.2, 0) is 0 Å². The molecule has 0 spiro atoms. The van der Waals surface area contributed by atoms with Crippen LogP contribution >= 0.6 is 0 Å². The molecule has 0 atom stereocenters. The molecule has 0 amide bonds. The summed E-state index contributed by atoms with van der Waals surface area (Å²) in [6.07, 6.45) is 2.12. The Balaban J connectivity index is 1.43. The number of allylic oxidation sites excluding steroid dienone is 2. The van der Waals surface area contributed by atoms with Gasteiger partial charge < -0.3 is 9.88 Å². The van der Waals surface area contributed by atoms with Gasteiger partial charge in [0.15, 0.2) is 0 Å². The first kappa shape index (κ1) is 23.0. The monoisotopic (exact) mass is 465 g/mol. The molecule has 0 unspecified atom stereocenters. The minimum absolute atomic E-state index is 0.636. The van der Waals surface area contributed by atoms with E-state index in [2.05, 4.69) is 116 Å². The van der Waals surface area contributed by atoms with E-state index in [-0.39, 0.29) is 0 Å². The highest BCUT2D eigenvalue weighted by Crippen LogP contribution is 2.27. The molecule has 1 aromatic heterocycles. The molecule has 1 N–H and O–H groups in total. The summed E-state index contributed by atoms with van der Waals surface area (Å²) in [6, 6.07) is 33.1. The Labute approximate surface area is 211 Å². The van der Waals surface area contributed by atoms with Crippen LogP contribution in [0.2, 0.25) is 0 Å². The molecule has 0 aliphatic rings. The van der Waals surface area contributed by atoms with Gasteiger partial charge in [-0.15, -0.1) is 0 Å². The molecule has 0 saturated carbocycles. The van der Waals surface area contributed by atoms with Gasteiger partial charge in [0.05, 0.1) is 17.1 Å². The molecule has 5 rings (SSSR count). The van der Waals surface area contributed by atoms with E-state index in [0.717, 1.165) is 49.7 Å². The van der Waals surface area contributed by atoms with Crippen molar-refractivity contribution in [2.45, 2.75) is 13.8 Å². The van der Waals surface area contributed by atoms with Gasteiger partial charge in [0.1, 0.15) is 0 Å². The molecule has 5 aromatic rings. The Morgan fingerprint density at radius 2 is 1.44 bits per heavy atom. The molecule has 174 valence electrons. The molecule has 0 radical (unpaired) electrons. The standard InChI is InChI=1S/C33H27N3/c1-5-22(2)26-8-13-29(14-9-26)35-30-15-10-27(11-16-30)28-12-19-33-32(20-28)23(3)24(4)36(33)31-17-6-25(21-34)7-18-31/h5-20,35H,3-4H2,1-2H3/b22-5+. The van der Waals surface area contributed by atoms with Crippen molar-refractivity contribution in [1.29, 1.82) is 5.26 Å². The van der Waals surface area contributed by atoms with Crippen molar-refractivity contribution < 1.29 is 0 Å². The topological polar surface area (TPSA) is 40.8 Å². The number of rotatable bonds is 5. The summed E-state index contributed by atoms with van der Waals surface area (Å²) in [6.45, 7) is 12.7. The van der Waals surface area contributed by atoms with Crippen LogP contribution in [0.25, 0.3) is 46.4 Å². The molecular weight excluding hydrogens is 438 g/mol. The van der Waals surface area contributed by atoms with E-state index >= 15 is 0 Å². The van der Waals surface area contributed by atoms with Gasteiger partial charge in [-0.25, -0.2) is 0 Å². The Morgan fingerprint density at radius 1 is 0.833 bits per heavy atom. The summed E-state index contributed by atoms with van der Waals surface area (Å²) in [5.74, 6) is 0. The second-order valence-corrected chi connectivity index (χ2v) is 8.90. The summed E-state index contributed by atoms with van der Waals surface area (Å²) in [5, 5.41) is 15.4. The molecule has 0 bridgehead atoms. The number of hydrogen-bond acceptors (Lipinski definition) is 2. The highest BCUT2D eigenvalue weighted by atomic mass is 15.0. The van der Waals surface area contributed by atoms with Crippen LogP contribution in [0.3, 0.4) is 0 Å². The number of nitriles is 1. The number of nitrogens with zero attached hydrogens (tertiary/aromatic N) is 2. The van der Waals surface area contributed by atoms with Gasteiger partial charge in [-0.2, -0.15) is 5.26 Å². The molecule has 36 heavy (non-hydrogen) atoms. The maximum atomic E-state index is 9.11. The van der Waals surface area contributed by atoms with Crippen molar-refractivity contribution in [1.82, 2.24) is 4.57 Å². The number of nitrogens with one attached hydrogen (secondary N) is 1. The van der Waals surface area contributed by atoms with Gasteiger partial charge in [0.25, 0.3) is 0 Å². The number of benzene rings is 4. The van der Waals surface area contributed by atoms with Gasteiger partial charge in [0, 0.05) is 33.0 Å². The van der Waals surface area contributed by atoms with E-state index in [9.17, 15) is 0 Å². The van der Waals surface area contributed by atoms with E-state index in [4.69, 9.17) is 5.26 Å². The average Bonchev–Trinajstić information content (AvgIpc) is 3.18. The Bertz CT molecular complexity index is 1730. The van der Waals surface area contributed by atoms with E-state index in [1.807, 2.05) is 24.3 Å². The fourth-order valence-electron chi connectivity index (χ4n) is 4.46. The van der Waals surface area contributed by atoms with Crippen LogP contribution in [0.4, 0.5) is 11.4 Å². The summed E-state index contributed by atoms with van der Waals surface area (Å²) < 4.78 is 2.10. The number of anilines is 2. The van der Waals surface area contributed by atoms with Crippen LogP contribution in [0.15, 0.2) is 97.1 Å². The van der Waals surface area contributed by atoms with Gasteiger partial charge in [-0.3, -0.25) is 0 Å². The fourth-order valence-corrected chi connectivity index (χ4v) is 4.46. The Hall–Kier alpha value is -4.81. The summed E-state index contributed by atoms with van der Waals surface area (Å²) in [7, 11) is 0. The van der Waals surface area contributed by atoms with Gasteiger partial charge in [0.2, 0.25) is 0 Å². The highest BCUT2D eigenvalue weighted by molar-refractivity contribution is 5.88. The second-order valence-electron chi connectivity index (χ2n) is 8.90. The predicted molar refractivity (Wildman–Crippen MR) is 153 cm³/mol. The molecule has 4 aromatic carbocycles. The lowest BCUT2D eigenvalue weighted by atomic mass is 10.0. The third-order valence-electron chi connectivity index (χ3n) is 6.72. The first-order valence-electron chi connectivity index (χ1n) is 11.9. The van der Waals surface area contributed by atoms with Crippen molar-refractivity contribution in [3.8, 4) is 22.9 Å². The zero-order valence-electron chi connectivity index (χ0n) is 20.5. The minimum atomic E-state index is 0.636. The maximum Gasteiger partial charge on any atom is 0.0991 e. The summed E-state index contributed by atoms with van der Waals surface area (Å²) in [4.78, 5) is 0. The molecule has 0 aliphatic heterocycles. The van der Waals surface area contributed by atoms with Gasteiger partial charge >= 0.3 is 0 Å². The van der Waals surface area contributed by atoms with E-state index < -0.39 is 0 Å². The Kier molecular flexibility index (Phi) is 6.02. The zero-order valence-corrected chi connectivity index (χ0v) is 20.5. The van der Waals surface area contributed by atoms with Crippen molar-refractivity contribution in [2.75, 3.05) is 5.32 Å². The van der Waals surface area contributed by atoms with Crippen molar-refractivity contribution >= 4 is 41.0 Å². The average molecular weight is 466 g/mol. The normalized spacial score (nSPS) is 11.4. The molecule has 1 heterocycles. The summed E-state index contributed by atoms with van der Waals surface area (Å²) in [5.41, 5.74) is 9.52. The second kappa shape index (κ2) is 9.44. The van der Waals surface area contributed by atoms with E-state index in [1.165, 1.54) is 11.1 Å². The van der Waals surface area contributed by atoms with Gasteiger partial charge in [-0.05, 0) is 96.8 Å². The molecule has 0 fully saturated rings. The van der Waals surface area contributed by atoms with Gasteiger partial charge in [-0.1, -0.05) is 49.6 Å². The summed E-state index contributed by atoms with van der Waals surface area (Å²) >= 11 is 0. The third kappa shape index (κ3) is 4.21. The Morgan fingerprint density at radius 3 is 2.06 bits per heavy atom. The van der Waals surface area contributed by atoms with Crippen LogP contribution in [0.1, 0.15) is 25.0 Å². The quantitative estimate of drug-likeness (QED) is 0.299. The van der Waals surface area contributed by atoms with Crippen molar-refractivity contribution in [3.05, 3.63) is 119 Å². The van der Waals surface area contributed by atoms with Crippen LogP contribution in [0.5, 0.6) is 0 Å². The number of fused-ring (bicyclic) bond motifs is 1. The first-order valence-corrected chi connectivity index (χ1v) is 11.9. The molecule has 0 saturated heterocycles. The minimum Gasteiger partial charge on any atom is -0.356 e. The third-order valence-corrected chi connectivity index (χ3v) is 6.72. The zero-order chi connectivity index (χ0) is 25.2. The lowest BCUT2D eigenvalue weighted by Gasteiger charge is -2.10. The van der Waals surface area contributed by atoms with E-state index in [1.54, 1.807) is 0 Å². The molecule has 3 heteroatoms. The lowest BCUT2D eigenvalue weighted by Crippen LogP contribution is -2.25. The van der Waals surface area contributed by atoms with Crippen LogP contribution < -0.4 is 15.9 Å². The maximum absolute atomic E-state index is 9.11. The lowest BCUT2D eigenvalue weighted by molar-refractivity contribution is 1.07. The van der Waals surface area contributed by atoms with E-state index in [0.29, 0.717) is 5.56 Å². The van der Waals surface area contributed by atoms with Crippen LogP contribution in [-0.4, -0.2) is 4.57 Å². The molecule has 3 nitrogen and oxygen atoms in total. The number of hydrogen-bond donors (Lipinski definition) is 1. The molecular formula is C33H27N3. The largest absolute Gasteiger partial charge is 0.356 e. The van der Waals surface area contributed by atoms with Crippen molar-refractivity contribution in [2.24, 2.45) is 0 Å². The van der Waals surface area contributed by atoms with Crippen LogP contribution in [0, 0.1) is 11.3 Å². The SMILES string of the molecule is C=c1c(=C)n(-c2ccc(C#N)cc2)c2ccc(-c3ccc(Nc4ccc(/C(C)=C/C)cc4)cc3)cc12.